The molecule has 0 unspecified atom stereocenters. The van der Waals surface area contributed by atoms with Crippen LogP contribution in [0.2, 0.25) is 0 Å². The third-order valence-electron chi connectivity index (χ3n) is 4.19. The van der Waals surface area contributed by atoms with E-state index in [9.17, 15) is 5.11 Å². The number of hydrogen-bond donors (Lipinski definition) is 2. The highest BCUT2D eigenvalue weighted by Gasteiger charge is 2.20. The van der Waals surface area contributed by atoms with Gasteiger partial charge in [-0.1, -0.05) is 42.1 Å². The SMILES string of the molecule is CCn1c(SC[C@H](O)C[NH+]2CCOCC2)nnc1-c1ccccc1. The van der Waals surface area contributed by atoms with E-state index in [-0.39, 0.29) is 6.10 Å². The van der Waals surface area contributed by atoms with E-state index in [0.29, 0.717) is 5.75 Å². The van der Waals surface area contributed by atoms with Gasteiger partial charge in [-0.05, 0) is 6.92 Å². The summed E-state index contributed by atoms with van der Waals surface area (Å²) in [7, 11) is 0. The van der Waals surface area contributed by atoms with Gasteiger partial charge in [-0.2, -0.15) is 0 Å². The number of thioether (sulfide) groups is 1. The minimum atomic E-state index is -0.342. The maximum absolute atomic E-state index is 10.3. The molecule has 1 aromatic carbocycles. The van der Waals surface area contributed by atoms with Crippen LogP contribution >= 0.6 is 11.8 Å². The second-order valence-corrected chi connectivity index (χ2v) is 6.93. The Morgan fingerprint density at radius 3 is 2.71 bits per heavy atom. The topological polar surface area (TPSA) is 64.6 Å². The zero-order chi connectivity index (χ0) is 16.8. The largest absolute Gasteiger partial charge is 0.386 e. The molecule has 7 heteroatoms. The number of aliphatic hydroxyl groups is 1. The molecule has 1 aliphatic rings. The molecule has 0 saturated carbocycles. The third-order valence-corrected chi connectivity index (χ3v) is 5.31. The molecule has 0 spiro atoms. The molecule has 0 amide bonds. The number of benzene rings is 1. The second-order valence-electron chi connectivity index (χ2n) is 5.95. The summed E-state index contributed by atoms with van der Waals surface area (Å²) in [6.07, 6.45) is -0.342. The minimum absolute atomic E-state index is 0.342. The molecule has 2 aromatic rings. The lowest BCUT2D eigenvalue weighted by atomic mass is 10.2. The normalized spacial score (nSPS) is 17.1. The molecule has 130 valence electrons. The first-order valence-corrected chi connectivity index (χ1v) is 9.47. The lowest BCUT2D eigenvalue weighted by Gasteiger charge is -2.25. The number of nitrogens with zero attached hydrogens (tertiary/aromatic N) is 3. The standard InChI is InChI=1S/C17H24N4O2S/c1-2-21-16(14-6-4-3-5-7-14)18-19-17(21)24-13-15(22)12-20-8-10-23-11-9-20/h3-7,15,22H,2,8-13H2,1H3/p+1/t15-/m1/s1. The zero-order valence-corrected chi connectivity index (χ0v) is 14.8. The molecule has 0 radical (unpaired) electrons. The Bertz CT molecular complexity index is 629. The molecular weight excluding hydrogens is 324 g/mol. The summed E-state index contributed by atoms with van der Waals surface area (Å²) in [5.41, 5.74) is 1.07. The number of aliphatic hydroxyl groups excluding tert-OH is 1. The second kappa shape index (κ2) is 8.62. The van der Waals surface area contributed by atoms with Gasteiger partial charge in [-0.25, -0.2) is 0 Å². The molecule has 3 rings (SSSR count). The van der Waals surface area contributed by atoms with Crippen molar-refractivity contribution in [2.45, 2.75) is 24.7 Å². The van der Waals surface area contributed by atoms with E-state index in [1.54, 1.807) is 11.8 Å². The van der Waals surface area contributed by atoms with E-state index < -0.39 is 0 Å². The van der Waals surface area contributed by atoms with Crippen molar-refractivity contribution >= 4 is 11.8 Å². The van der Waals surface area contributed by atoms with Crippen LogP contribution in [0, 0.1) is 0 Å². The highest BCUT2D eigenvalue weighted by atomic mass is 32.2. The van der Waals surface area contributed by atoms with Crippen molar-refractivity contribution in [3.8, 4) is 11.4 Å². The van der Waals surface area contributed by atoms with Crippen LogP contribution in [0.4, 0.5) is 0 Å². The number of aromatic nitrogens is 3. The van der Waals surface area contributed by atoms with Crippen molar-refractivity contribution in [2.75, 3.05) is 38.6 Å². The molecule has 24 heavy (non-hydrogen) atoms. The van der Waals surface area contributed by atoms with E-state index in [1.165, 1.54) is 4.90 Å². The van der Waals surface area contributed by atoms with E-state index in [0.717, 1.165) is 55.9 Å². The van der Waals surface area contributed by atoms with Gasteiger partial charge in [0.15, 0.2) is 11.0 Å². The smallest absolute Gasteiger partial charge is 0.191 e. The number of ether oxygens (including phenoxy) is 1. The Labute approximate surface area is 146 Å². The fourth-order valence-electron chi connectivity index (χ4n) is 2.91. The summed E-state index contributed by atoms with van der Waals surface area (Å²) in [6, 6.07) is 10.1. The van der Waals surface area contributed by atoms with Gasteiger partial charge in [0, 0.05) is 17.9 Å². The van der Waals surface area contributed by atoms with Crippen LogP contribution in [0.3, 0.4) is 0 Å². The third kappa shape index (κ3) is 4.36. The lowest BCUT2D eigenvalue weighted by molar-refractivity contribution is -0.910. The fraction of sp³-hybridized carbons (Fsp3) is 0.529. The highest BCUT2D eigenvalue weighted by Crippen LogP contribution is 2.24. The Balaban J connectivity index is 1.60. The van der Waals surface area contributed by atoms with Crippen molar-refractivity contribution in [3.05, 3.63) is 30.3 Å². The summed E-state index contributed by atoms with van der Waals surface area (Å²) in [6.45, 7) is 7.20. The minimum Gasteiger partial charge on any atom is -0.386 e. The number of quaternary nitrogens is 1. The van der Waals surface area contributed by atoms with Crippen molar-refractivity contribution in [2.24, 2.45) is 0 Å². The van der Waals surface area contributed by atoms with Gasteiger partial charge in [-0.15, -0.1) is 10.2 Å². The Kier molecular flexibility index (Phi) is 6.25. The van der Waals surface area contributed by atoms with Crippen LogP contribution in [-0.4, -0.2) is 64.6 Å². The molecule has 6 nitrogen and oxygen atoms in total. The average Bonchev–Trinajstić information content (AvgIpc) is 3.04. The summed E-state index contributed by atoms with van der Waals surface area (Å²) >= 11 is 1.58. The van der Waals surface area contributed by atoms with Gasteiger partial charge in [-0.3, -0.25) is 0 Å². The van der Waals surface area contributed by atoms with Gasteiger partial charge in [0.1, 0.15) is 25.7 Å². The molecule has 1 aromatic heterocycles. The van der Waals surface area contributed by atoms with Crippen molar-refractivity contribution in [3.63, 3.8) is 0 Å². The Hall–Kier alpha value is -1.41. The molecule has 1 saturated heterocycles. The molecule has 0 aliphatic carbocycles. The van der Waals surface area contributed by atoms with Crippen LogP contribution in [-0.2, 0) is 11.3 Å². The summed E-state index contributed by atoms with van der Waals surface area (Å²) in [5.74, 6) is 1.52. The van der Waals surface area contributed by atoms with Crippen molar-refractivity contribution in [1.29, 1.82) is 0 Å². The monoisotopic (exact) mass is 349 g/mol. The number of nitrogens with one attached hydrogen (secondary N) is 1. The molecule has 1 aliphatic heterocycles. The van der Waals surface area contributed by atoms with E-state index in [2.05, 4.69) is 21.7 Å². The van der Waals surface area contributed by atoms with Crippen LogP contribution in [0.1, 0.15) is 6.92 Å². The van der Waals surface area contributed by atoms with E-state index in [4.69, 9.17) is 4.74 Å². The van der Waals surface area contributed by atoms with Crippen molar-refractivity contribution < 1.29 is 14.7 Å². The van der Waals surface area contributed by atoms with E-state index in [1.807, 2.05) is 30.3 Å². The van der Waals surface area contributed by atoms with Crippen LogP contribution < -0.4 is 4.90 Å². The summed E-state index contributed by atoms with van der Waals surface area (Å²) < 4.78 is 7.46. The van der Waals surface area contributed by atoms with Gasteiger partial charge in [0.05, 0.1) is 13.2 Å². The number of hydrogen-bond acceptors (Lipinski definition) is 5. The summed E-state index contributed by atoms with van der Waals surface area (Å²) in [5, 5.41) is 19.8. The molecular formula is C17H25N4O2S+. The van der Waals surface area contributed by atoms with Crippen LogP contribution in [0.5, 0.6) is 0 Å². The first-order valence-electron chi connectivity index (χ1n) is 8.48. The number of morpholine rings is 1. The number of rotatable bonds is 7. The summed E-state index contributed by atoms with van der Waals surface area (Å²) in [4.78, 5) is 1.41. The molecule has 1 fully saturated rings. The van der Waals surface area contributed by atoms with Crippen molar-refractivity contribution in [1.82, 2.24) is 14.8 Å². The first kappa shape index (κ1) is 17.4. The molecule has 0 bridgehead atoms. The molecule has 2 N–H and O–H groups in total. The van der Waals surface area contributed by atoms with Crippen LogP contribution in [0.25, 0.3) is 11.4 Å². The highest BCUT2D eigenvalue weighted by molar-refractivity contribution is 7.99. The van der Waals surface area contributed by atoms with Gasteiger partial charge in [0.25, 0.3) is 0 Å². The zero-order valence-electron chi connectivity index (χ0n) is 14.0. The Morgan fingerprint density at radius 2 is 2.00 bits per heavy atom. The predicted molar refractivity (Wildman–Crippen MR) is 94.2 cm³/mol. The van der Waals surface area contributed by atoms with Gasteiger partial charge in [0.2, 0.25) is 0 Å². The maximum Gasteiger partial charge on any atom is 0.191 e. The van der Waals surface area contributed by atoms with E-state index >= 15 is 0 Å². The average molecular weight is 349 g/mol. The quantitative estimate of drug-likeness (QED) is 0.706. The van der Waals surface area contributed by atoms with Gasteiger partial charge < -0.3 is 19.3 Å². The molecule has 1 atom stereocenters. The molecule has 2 heterocycles. The Morgan fingerprint density at radius 1 is 1.25 bits per heavy atom. The first-order chi connectivity index (χ1) is 11.8. The lowest BCUT2D eigenvalue weighted by Crippen LogP contribution is -3.15. The fourth-order valence-corrected chi connectivity index (χ4v) is 3.84. The predicted octanol–water partition coefficient (Wildman–Crippen LogP) is 0.333. The van der Waals surface area contributed by atoms with Gasteiger partial charge >= 0.3 is 0 Å². The van der Waals surface area contributed by atoms with Crippen LogP contribution in [0.15, 0.2) is 35.5 Å². The maximum atomic E-state index is 10.3.